The zero-order valence-corrected chi connectivity index (χ0v) is 7.85. The van der Waals surface area contributed by atoms with E-state index in [1.165, 1.54) is 4.68 Å². The second kappa shape index (κ2) is 4.23. The molecule has 0 radical (unpaired) electrons. The number of carbonyl (C=O) groups is 1. The number of nitrogens with one attached hydrogen (secondary N) is 1. The van der Waals surface area contributed by atoms with Crippen molar-refractivity contribution >= 4 is 6.03 Å². The van der Waals surface area contributed by atoms with E-state index in [0.717, 1.165) is 26.1 Å². The van der Waals surface area contributed by atoms with E-state index < -0.39 is 0 Å². The molecule has 1 saturated heterocycles. The van der Waals surface area contributed by atoms with Gasteiger partial charge in [-0.3, -0.25) is 0 Å². The van der Waals surface area contributed by atoms with Gasteiger partial charge >= 0.3 is 6.03 Å². The van der Waals surface area contributed by atoms with Gasteiger partial charge in [-0.1, -0.05) is 0 Å². The average Bonchev–Trinajstić information content (AvgIpc) is 2.72. The molecule has 0 unspecified atom stereocenters. The monoisotopic (exact) mass is 195 g/mol. The Morgan fingerprint density at radius 2 is 2.29 bits per heavy atom. The number of carbonyl (C=O) groups excluding carboxylic acids is 1. The first kappa shape index (κ1) is 9.21. The van der Waals surface area contributed by atoms with Crippen molar-refractivity contribution in [1.29, 1.82) is 0 Å². The highest BCUT2D eigenvalue weighted by Crippen LogP contribution is 2.06. The van der Waals surface area contributed by atoms with Gasteiger partial charge < -0.3 is 10.1 Å². The Bertz CT molecular complexity index is 291. The van der Waals surface area contributed by atoms with Gasteiger partial charge in [0.1, 0.15) is 0 Å². The minimum absolute atomic E-state index is 0.165. The van der Waals surface area contributed by atoms with Crippen molar-refractivity contribution in [2.45, 2.75) is 18.9 Å². The van der Waals surface area contributed by atoms with Crippen molar-refractivity contribution in [2.75, 3.05) is 13.2 Å². The molecule has 1 aliphatic heterocycles. The molecular weight excluding hydrogens is 182 g/mol. The van der Waals surface area contributed by atoms with Crippen LogP contribution in [0.2, 0.25) is 0 Å². The molecule has 5 nitrogen and oxygen atoms in total. The molecule has 1 aliphatic rings. The number of rotatable bonds is 1. The van der Waals surface area contributed by atoms with Gasteiger partial charge in [0.2, 0.25) is 0 Å². The Kier molecular flexibility index (Phi) is 2.78. The molecule has 76 valence electrons. The van der Waals surface area contributed by atoms with E-state index in [2.05, 4.69) is 10.4 Å². The molecule has 2 rings (SSSR count). The zero-order chi connectivity index (χ0) is 9.80. The maximum absolute atomic E-state index is 11.5. The molecule has 1 aromatic rings. The van der Waals surface area contributed by atoms with Crippen molar-refractivity contribution < 1.29 is 9.53 Å². The Morgan fingerprint density at radius 3 is 2.93 bits per heavy atom. The first-order chi connectivity index (χ1) is 6.86. The molecule has 0 aromatic carbocycles. The maximum atomic E-state index is 11.5. The van der Waals surface area contributed by atoms with Gasteiger partial charge in [-0.25, -0.2) is 4.79 Å². The van der Waals surface area contributed by atoms with E-state index in [0.29, 0.717) is 0 Å². The Balaban J connectivity index is 1.87. The molecule has 0 saturated carbocycles. The Morgan fingerprint density at radius 1 is 1.50 bits per heavy atom. The average molecular weight is 195 g/mol. The standard InChI is InChI=1S/C9H13N3O2/c13-9(12-5-1-4-10-12)11-8-2-6-14-7-3-8/h1,4-5,8H,2-3,6-7H2,(H,11,13). The summed E-state index contributed by atoms with van der Waals surface area (Å²) in [4.78, 5) is 11.5. The third-order valence-electron chi connectivity index (χ3n) is 2.26. The molecule has 2 heterocycles. The predicted molar refractivity (Wildman–Crippen MR) is 50.0 cm³/mol. The SMILES string of the molecule is O=C(NC1CCOCC1)n1cccn1. The smallest absolute Gasteiger partial charge is 0.342 e. The van der Waals surface area contributed by atoms with Crippen molar-refractivity contribution in [3.8, 4) is 0 Å². The third kappa shape index (κ3) is 2.11. The van der Waals surface area contributed by atoms with Crippen LogP contribution in [0.3, 0.4) is 0 Å². The minimum Gasteiger partial charge on any atom is -0.381 e. The van der Waals surface area contributed by atoms with Crippen LogP contribution in [-0.2, 0) is 4.74 Å². The van der Waals surface area contributed by atoms with E-state index in [-0.39, 0.29) is 12.1 Å². The molecule has 14 heavy (non-hydrogen) atoms. The van der Waals surface area contributed by atoms with Crippen LogP contribution in [0.25, 0.3) is 0 Å². The van der Waals surface area contributed by atoms with Crippen LogP contribution < -0.4 is 5.32 Å². The van der Waals surface area contributed by atoms with E-state index in [4.69, 9.17) is 4.74 Å². The summed E-state index contributed by atoms with van der Waals surface area (Å²) in [6, 6.07) is 1.78. The van der Waals surface area contributed by atoms with E-state index in [9.17, 15) is 4.79 Å². The van der Waals surface area contributed by atoms with Gasteiger partial charge in [-0.2, -0.15) is 9.78 Å². The molecule has 0 bridgehead atoms. The summed E-state index contributed by atoms with van der Waals surface area (Å²) in [6.45, 7) is 1.45. The largest absolute Gasteiger partial charge is 0.381 e. The van der Waals surface area contributed by atoms with Gasteiger partial charge in [0, 0.05) is 31.6 Å². The fourth-order valence-electron chi connectivity index (χ4n) is 1.47. The van der Waals surface area contributed by atoms with Crippen LogP contribution in [0.4, 0.5) is 4.79 Å². The van der Waals surface area contributed by atoms with Gasteiger partial charge in [-0.05, 0) is 18.9 Å². The molecule has 1 N–H and O–H groups in total. The minimum atomic E-state index is -0.165. The molecule has 1 fully saturated rings. The lowest BCUT2D eigenvalue weighted by Gasteiger charge is -2.22. The number of nitrogens with zero attached hydrogens (tertiary/aromatic N) is 2. The number of hydrogen-bond donors (Lipinski definition) is 1. The van der Waals surface area contributed by atoms with Crippen LogP contribution in [0.1, 0.15) is 12.8 Å². The van der Waals surface area contributed by atoms with Crippen LogP contribution in [-0.4, -0.2) is 35.1 Å². The lowest BCUT2D eigenvalue weighted by Crippen LogP contribution is -2.41. The summed E-state index contributed by atoms with van der Waals surface area (Å²) in [5, 5.41) is 6.76. The summed E-state index contributed by atoms with van der Waals surface area (Å²) in [7, 11) is 0. The molecule has 1 aromatic heterocycles. The number of ether oxygens (including phenoxy) is 1. The molecule has 0 aliphatic carbocycles. The fraction of sp³-hybridized carbons (Fsp3) is 0.556. The quantitative estimate of drug-likeness (QED) is 0.714. The predicted octanol–water partition coefficient (Wildman–Crippen LogP) is 0.620. The summed E-state index contributed by atoms with van der Waals surface area (Å²) in [5.74, 6) is 0. The lowest BCUT2D eigenvalue weighted by atomic mass is 10.1. The highest BCUT2D eigenvalue weighted by atomic mass is 16.5. The highest BCUT2D eigenvalue weighted by Gasteiger charge is 2.16. The fourth-order valence-corrected chi connectivity index (χ4v) is 1.47. The van der Waals surface area contributed by atoms with Crippen molar-refractivity contribution in [2.24, 2.45) is 0 Å². The Labute approximate surface area is 82.0 Å². The number of hydrogen-bond acceptors (Lipinski definition) is 3. The summed E-state index contributed by atoms with van der Waals surface area (Å²) in [6.07, 6.45) is 4.98. The van der Waals surface area contributed by atoms with Crippen LogP contribution in [0.15, 0.2) is 18.5 Å². The van der Waals surface area contributed by atoms with Crippen molar-refractivity contribution in [1.82, 2.24) is 15.1 Å². The first-order valence-corrected chi connectivity index (χ1v) is 4.74. The Hall–Kier alpha value is -1.36. The van der Waals surface area contributed by atoms with E-state index >= 15 is 0 Å². The first-order valence-electron chi connectivity index (χ1n) is 4.74. The van der Waals surface area contributed by atoms with Gasteiger partial charge in [0.15, 0.2) is 0 Å². The van der Waals surface area contributed by atoms with E-state index in [1.54, 1.807) is 18.5 Å². The maximum Gasteiger partial charge on any atom is 0.342 e. The third-order valence-corrected chi connectivity index (χ3v) is 2.26. The highest BCUT2D eigenvalue weighted by molar-refractivity contribution is 5.75. The molecule has 5 heteroatoms. The lowest BCUT2D eigenvalue weighted by molar-refractivity contribution is 0.0800. The topological polar surface area (TPSA) is 56.1 Å². The van der Waals surface area contributed by atoms with E-state index in [1.807, 2.05) is 0 Å². The summed E-state index contributed by atoms with van der Waals surface area (Å²) in [5.41, 5.74) is 0. The number of amides is 1. The normalized spacial score (nSPS) is 18.0. The van der Waals surface area contributed by atoms with Gasteiger partial charge in [0.05, 0.1) is 0 Å². The second-order valence-corrected chi connectivity index (χ2v) is 3.29. The number of aromatic nitrogens is 2. The van der Waals surface area contributed by atoms with Crippen molar-refractivity contribution in [3.63, 3.8) is 0 Å². The molecule has 0 spiro atoms. The van der Waals surface area contributed by atoms with Crippen LogP contribution in [0, 0.1) is 0 Å². The molecular formula is C9H13N3O2. The van der Waals surface area contributed by atoms with Crippen LogP contribution in [0.5, 0.6) is 0 Å². The van der Waals surface area contributed by atoms with Crippen LogP contribution >= 0.6 is 0 Å². The molecule has 1 amide bonds. The zero-order valence-electron chi connectivity index (χ0n) is 7.85. The van der Waals surface area contributed by atoms with Gasteiger partial charge in [-0.15, -0.1) is 0 Å². The second-order valence-electron chi connectivity index (χ2n) is 3.29. The molecule has 0 atom stereocenters. The van der Waals surface area contributed by atoms with Crippen molar-refractivity contribution in [3.05, 3.63) is 18.5 Å². The van der Waals surface area contributed by atoms with Gasteiger partial charge in [0.25, 0.3) is 0 Å². The summed E-state index contributed by atoms with van der Waals surface area (Å²) < 4.78 is 6.50. The summed E-state index contributed by atoms with van der Waals surface area (Å²) >= 11 is 0.